The zero-order chi connectivity index (χ0) is 18.7. The van der Waals surface area contributed by atoms with Crippen molar-refractivity contribution < 1.29 is 18.7 Å². The molecule has 0 aromatic heterocycles. The Labute approximate surface area is 158 Å². The highest BCUT2D eigenvalue weighted by molar-refractivity contribution is 9.10. The molecular formula is C19H16BrFN2O3. The molecule has 26 heavy (non-hydrogen) atoms. The first-order valence-corrected chi connectivity index (χ1v) is 8.69. The lowest BCUT2D eigenvalue weighted by Gasteiger charge is -2.28. The smallest absolute Gasteiger partial charge is 0.338 e. The first kappa shape index (κ1) is 18.1. The van der Waals surface area contributed by atoms with Gasteiger partial charge in [0.2, 0.25) is 0 Å². The van der Waals surface area contributed by atoms with Gasteiger partial charge in [-0.25, -0.2) is 14.0 Å². The molecule has 1 atom stereocenters. The second kappa shape index (κ2) is 7.70. The van der Waals surface area contributed by atoms with E-state index in [-0.39, 0.29) is 17.7 Å². The number of esters is 1. The minimum absolute atomic E-state index is 0.0833. The minimum Gasteiger partial charge on any atom is -0.457 e. The van der Waals surface area contributed by atoms with Gasteiger partial charge in [-0.1, -0.05) is 52.3 Å². The SMILES string of the molecule is CC1=C(C(=O)OCc2ccccc2)C(c2ccc(Br)cc2F)NC(=O)N1. The van der Waals surface area contributed by atoms with Crippen LogP contribution in [0.3, 0.4) is 0 Å². The van der Waals surface area contributed by atoms with E-state index in [0.29, 0.717) is 10.2 Å². The average molecular weight is 419 g/mol. The van der Waals surface area contributed by atoms with Gasteiger partial charge in [0, 0.05) is 15.7 Å². The monoisotopic (exact) mass is 418 g/mol. The van der Waals surface area contributed by atoms with Crippen molar-refractivity contribution in [2.24, 2.45) is 0 Å². The molecule has 5 nitrogen and oxygen atoms in total. The number of nitrogens with one attached hydrogen (secondary N) is 2. The number of benzene rings is 2. The van der Waals surface area contributed by atoms with E-state index in [0.717, 1.165) is 5.56 Å². The molecule has 7 heteroatoms. The Bertz CT molecular complexity index is 884. The molecule has 1 heterocycles. The third kappa shape index (κ3) is 3.94. The van der Waals surface area contributed by atoms with Crippen molar-refractivity contribution in [3.8, 4) is 0 Å². The van der Waals surface area contributed by atoms with Crippen LogP contribution in [0.2, 0.25) is 0 Å². The zero-order valence-electron chi connectivity index (χ0n) is 13.9. The van der Waals surface area contributed by atoms with Crippen LogP contribution in [0.25, 0.3) is 0 Å². The summed E-state index contributed by atoms with van der Waals surface area (Å²) >= 11 is 3.20. The molecule has 2 N–H and O–H groups in total. The van der Waals surface area contributed by atoms with Gasteiger partial charge in [-0.2, -0.15) is 0 Å². The van der Waals surface area contributed by atoms with Crippen molar-refractivity contribution in [3.05, 3.63) is 81.2 Å². The van der Waals surface area contributed by atoms with Gasteiger partial charge in [0.1, 0.15) is 12.4 Å². The molecule has 1 aliphatic heterocycles. The summed E-state index contributed by atoms with van der Waals surface area (Å²) in [5.41, 5.74) is 1.52. The third-order valence-electron chi connectivity index (χ3n) is 3.98. The molecular weight excluding hydrogens is 403 g/mol. The van der Waals surface area contributed by atoms with Crippen LogP contribution in [-0.2, 0) is 16.1 Å². The molecule has 0 aliphatic carbocycles. The highest BCUT2D eigenvalue weighted by Gasteiger charge is 2.33. The fourth-order valence-electron chi connectivity index (χ4n) is 2.73. The molecule has 2 aromatic carbocycles. The standard InChI is InChI=1S/C19H16BrFN2O3/c1-11-16(18(24)26-10-12-5-3-2-4-6-12)17(23-19(25)22-11)14-8-7-13(20)9-15(14)21/h2-9,17H,10H2,1H3,(H2,22,23,25). The summed E-state index contributed by atoms with van der Waals surface area (Å²) in [6.07, 6.45) is 0. The second-order valence-electron chi connectivity index (χ2n) is 5.80. The normalized spacial score (nSPS) is 16.7. The quantitative estimate of drug-likeness (QED) is 0.738. The van der Waals surface area contributed by atoms with Crippen LogP contribution in [0.4, 0.5) is 9.18 Å². The number of hydrogen-bond acceptors (Lipinski definition) is 3. The predicted molar refractivity (Wildman–Crippen MR) is 97.4 cm³/mol. The van der Waals surface area contributed by atoms with Crippen LogP contribution in [0, 0.1) is 5.82 Å². The molecule has 2 amide bonds. The molecule has 0 radical (unpaired) electrons. The fraction of sp³-hybridized carbons (Fsp3) is 0.158. The van der Waals surface area contributed by atoms with Crippen LogP contribution in [-0.4, -0.2) is 12.0 Å². The highest BCUT2D eigenvalue weighted by atomic mass is 79.9. The van der Waals surface area contributed by atoms with E-state index in [2.05, 4.69) is 26.6 Å². The van der Waals surface area contributed by atoms with E-state index in [1.165, 1.54) is 12.1 Å². The van der Waals surface area contributed by atoms with Crippen LogP contribution < -0.4 is 10.6 Å². The average Bonchev–Trinajstić information content (AvgIpc) is 2.60. The Morgan fingerprint density at radius 3 is 2.65 bits per heavy atom. The van der Waals surface area contributed by atoms with Crippen LogP contribution in [0.1, 0.15) is 24.1 Å². The van der Waals surface area contributed by atoms with Crippen molar-refractivity contribution >= 4 is 27.9 Å². The van der Waals surface area contributed by atoms with Crippen LogP contribution in [0.5, 0.6) is 0 Å². The number of amides is 2. The zero-order valence-corrected chi connectivity index (χ0v) is 15.5. The van der Waals surface area contributed by atoms with Crippen molar-refractivity contribution in [1.82, 2.24) is 10.6 Å². The van der Waals surface area contributed by atoms with Crippen molar-refractivity contribution in [2.45, 2.75) is 19.6 Å². The molecule has 3 rings (SSSR count). The Morgan fingerprint density at radius 1 is 1.23 bits per heavy atom. The van der Waals surface area contributed by atoms with Gasteiger partial charge in [0.15, 0.2) is 0 Å². The van der Waals surface area contributed by atoms with Gasteiger partial charge in [-0.3, -0.25) is 0 Å². The summed E-state index contributed by atoms with van der Waals surface area (Å²) in [6, 6.07) is 12.2. The van der Waals surface area contributed by atoms with Gasteiger partial charge in [-0.15, -0.1) is 0 Å². The molecule has 2 aromatic rings. The number of urea groups is 1. The second-order valence-corrected chi connectivity index (χ2v) is 6.71. The van der Waals surface area contributed by atoms with E-state index in [1.54, 1.807) is 13.0 Å². The van der Waals surface area contributed by atoms with E-state index in [4.69, 9.17) is 4.74 Å². The van der Waals surface area contributed by atoms with E-state index >= 15 is 0 Å². The number of allylic oxidation sites excluding steroid dienone is 1. The van der Waals surface area contributed by atoms with Crippen molar-refractivity contribution in [3.63, 3.8) is 0 Å². The summed E-state index contributed by atoms with van der Waals surface area (Å²) in [6.45, 7) is 1.67. The van der Waals surface area contributed by atoms with Crippen molar-refractivity contribution in [2.75, 3.05) is 0 Å². The minimum atomic E-state index is -0.930. The van der Waals surface area contributed by atoms with E-state index in [1.807, 2.05) is 30.3 Å². The molecule has 1 aliphatic rings. The largest absolute Gasteiger partial charge is 0.457 e. The summed E-state index contributed by atoms with van der Waals surface area (Å²) in [4.78, 5) is 24.5. The molecule has 0 bridgehead atoms. The molecule has 0 fully saturated rings. The lowest BCUT2D eigenvalue weighted by molar-refractivity contribution is -0.140. The fourth-order valence-corrected chi connectivity index (χ4v) is 3.07. The summed E-state index contributed by atoms with van der Waals surface area (Å²) in [5.74, 6) is -1.15. The van der Waals surface area contributed by atoms with Gasteiger partial charge in [-0.05, 0) is 24.6 Å². The topological polar surface area (TPSA) is 67.4 Å². The Balaban J connectivity index is 1.89. The predicted octanol–water partition coefficient (Wildman–Crippen LogP) is 3.96. The molecule has 0 saturated heterocycles. The number of ether oxygens (including phenoxy) is 1. The van der Waals surface area contributed by atoms with Crippen molar-refractivity contribution in [1.29, 1.82) is 0 Å². The van der Waals surface area contributed by atoms with Crippen LogP contribution in [0.15, 0.2) is 64.3 Å². The maximum atomic E-state index is 14.4. The molecule has 0 saturated carbocycles. The summed E-state index contributed by atoms with van der Waals surface area (Å²) in [7, 11) is 0. The third-order valence-corrected chi connectivity index (χ3v) is 4.47. The number of hydrogen-bond donors (Lipinski definition) is 2. The van der Waals surface area contributed by atoms with Gasteiger partial charge in [0.05, 0.1) is 11.6 Å². The highest BCUT2D eigenvalue weighted by Crippen LogP contribution is 2.30. The van der Waals surface area contributed by atoms with E-state index in [9.17, 15) is 14.0 Å². The summed E-state index contributed by atoms with van der Waals surface area (Å²) in [5, 5.41) is 5.12. The van der Waals surface area contributed by atoms with E-state index < -0.39 is 23.9 Å². The Kier molecular flexibility index (Phi) is 5.37. The molecule has 1 unspecified atom stereocenters. The maximum absolute atomic E-state index is 14.4. The molecule has 134 valence electrons. The first-order chi connectivity index (χ1) is 12.5. The van der Waals surface area contributed by atoms with Gasteiger partial charge < -0.3 is 15.4 Å². The number of halogens is 2. The number of carbonyl (C=O) groups excluding carboxylic acids is 2. The maximum Gasteiger partial charge on any atom is 0.338 e. The Hall–Kier alpha value is -2.67. The summed E-state index contributed by atoms with van der Waals surface area (Å²) < 4.78 is 20.3. The molecule has 0 spiro atoms. The van der Waals surface area contributed by atoms with Gasteiger partial charge >= 0.3 is 12.0 Å². The van der Waals surface area contributed by atoms with Gasteiger partial charge in [0.25, 0.3) is 0 Å². The Morgan fingerprint density at radius 2 is 1.96 bits per heavy atom. The lowest BCUT2D eigenvalue weighted by atomic mass is 9.95. The number of rotatable bonds is 4. The first-order valence-electron chi connectivity index (χ1n) is 7.90. The lowest BCUT2D eigenvalue weighted by Crippen LogP contribution is -2.45. The number of carbonyl (C=O) groups is 2. The van der Waals surface area contributed by atoms with Crippen LogP contribution >= 0.6 is 15.9 Å².